The number of benzene rings is 1. The monoisotopic (exact) mass is 346 g/mol. The van der Waals surface area contributed by atoms with Crippen LogP contribution in [-0.4, -0.2) is 37.0 Å². The molecular weight excluding hydrogens is 320 g/mol. The molecule has 1 aliphatic rings. The molecule has 1 fully saturated rings. The zero-order valence-electron chi connectivity index (χ0n) is 15.1. The maximum absolute atomic E-state index is 12.2. The van der Waals surface area contributed by atoms with Gasteiger partial charge in [0.1, 0.15) is 0 Å². The summed E-state index contributed by atoms with van der Waals surface area (Å²) in [5.74, 6) is -1.44. The maximum atomic E-state index is 12.2. The summed E-state index contributed by atoms with van der Waals surface area (Å²) < 4.78 is 5.10. The average molecular weight is 346 g/mol. The smallest absolute Gasteiger partial charge is 0.311 e. The van der Waals surface area contributed by atoms with E-state index in [1.165, 1.54) is 0 Å². The highest BCUT2D eigenvalue weighted by atomic mass is 16.5. The molecule has 1 heterocycles. The lowest BCUT2D eigenvalue weighted by atomic mass is 10.1. The number of nitrogens with one attached hydrogen (secondary N) is 1. The number of carbonyl (C=O) groups excluding carboxylic acids is 3. The molecule has 1 aromatic carbocycles. The Morgan fingerprint density at radius 3 is 2.48 bits per heavy atom. The predicted molar refractivity (Wildman–Crippen MR) is 95.1 cm³/mol. The third-order valence-electron chi connectivity index (χ3n) is 4.50. The Labute approximate surface area is 148 Å². The van der Waals surface area contributed by atoms with Crippen molar-refractivity contribution in [2.75, 3.05) is 18.1 Å². The fourth-order valence-electron chi connectivity index (χ4n) is 2.86. The summed E-state index contributed by atoms with van der Waals surface area (Å²) in [7, 11) is 0. The molecule has 0 saturated carbocycles. The van der Waals surface area contributed by atoms with Crippen LogP contribution in [0.25, 0.3) is 0 Å². The summed E-state index contributed by atoms with van der Waals surface area (Å²) in [5, 5.41) is 2.82. The Balaban J connectivity index is 1.86. The molecule has 0 radical (unpaired) electrons. The van der Waals surface area contributed by atoms with Gasteiger partial charge in [0, 0.05) is 24.7 Å². The first-order valence-corrected chi connectivity index (χ1v) is 8.77. The number of carbonyl (C=O) groups is 3. The van der Waals surface area contributed by atoms with Crippen LogP contribution in [0.15, 0.2) is 24.3 Å². The molecule has 136 valence electrons. The molecule has 1 aliphatic heterocycles. The van der Waals surface area contributed by atoms with Crippen LogP contribution < -0.4 is 10.2 Å². The first-order chi connectivity index (χ1) is 11.9. The second kappa shape index (κ2) is 8.65. The van der Waals surface area contributed by atoms with Gasteiger partial charge < -0.3 is 15.0 Å². The zero-order chi connectivity index (χ0) is 18.4. The van der Waals surface area contributed by atoms with Crippen LogP contribution in [0.1, 0.15) is 38.7 Å². The van der Waals surface area contributed by atoms with Crippen molar-refractivity contribution in [2.45, 2.75) is 46.1 Å². The van der Waals surface area contributed by atoms with Gasteiger partial charge in [-0.05, 0) is 31.9 Å². The largest absolute Gasteiger partial charge is 0.455 e. The van der Waals surface area contributed by atoms with Crippen molar-refractivity contribution in [1.29, 1.82) is 0 Å². The van der Waals surface area contributed by atoms with Gasteiger partial charge in [0.25, 0.3) is 5.91 Å². The van der Waals surface area contributed by atoms with Gasteiger partial charge in [-0.1, -0.05) is 31.5 Å². The number of hydrogen-bond acceptors (Lipinski definition) is 4. The van der Waals surface area contributed by atoms with E-state index in [4.69, 9.17) is 4.74 Å². The number of hydrogen-bond donors (Lipinski definition) is 1. The fourth-order valence-corrected chi connectivity index (χ4v) is 2.86. The van der Waals surface area contributed by atoms with E-state index in [9.17, 15) is 14.4 Å². The molecule has 2 amide bonds. The lowest BCUT2D eigenvalue weighted by Crippen LogP contribution is -2.37. The van der Waals surface area contributed by atoms with Crippen molar-refractivity contribution >= 4 is 23.5 Å². The highest BCUT2D eigenvalue weighted by molar-refractivity contribution is 5.99. The van der Waals surface area contributed by atoms with Crippen LogP contribution in [0.3, 0.4) is 0 Å². The second-order valence-corrected chi connectivity index (χ2v) is 6.43. The van der Waals surface area contributed by atoms with Gasteiger partial charge in [-0.25, -0.2) is 0 Å². The van der Waals surface area contributed by atoms with Crippen LogP contribution in [0.5, 0.6) is 0 Å². The van der Waals surface area contributed by atoms with Crippen LogP contribution in [0.2, 0.25) is 0 Å². The quantitative estimate of drug-likeness (QED) is 0.768. The van der Waals surface area contributed by atoms with Crippen molar-refractivity contribution in [2.24, 2.45) is 5.92 Å². The second-order valence-electron chi connectivity index (χ2n) is 6.43. The summed E-state index contributed by atoms with van der Waals surface area (Å²) in [6.07, 6.45) is 1.78. The third kappa shape index (κ3) is 5.05. The van der Waals surface area contributed by atoms with E-state index in [0.29, 0.717) is 0 Å². The van der Waals surface area contributed by atoms with E-state index in [2.05, 4.69) is 5.32 Å². The molecule has 0 aliphatic carbocycles. The van der Waals surface area contributed by atoms with Gasteiger partial charge >= 0.3 is 5.97 Å². The number of aryl methyl sites for hydroxylation is 1. The Hall–Kier alpha value is -2.37. The Morgan fingerprint density at radius 2 is 1.88 bits per heavy atom. The number of ether oxygens (including phenoxy) is 1. The number of amides is 2. The van der Waals surface area contributed by atoms with E-state index in [1.54, 1.807) is 4.90 Å². The van der Waals surface area contributed by atoms with Crippen LogP contribution >= 0.6 is 0 Å². The molecule has 2 rings (SSSR count). The molecule has 0 aromatic heterocycles. The van der Waals surface area contributed by atoms with Gasteiger partial charge in [-0.3, -0.25) is 14.4 Å². The first kappa shape index (κ1) is 19.0. The summed E-state index contributed by atoms with van der Waals surface area (Å²) in [5.41, 5.74) is 1.88. The normalized spacial score (nSPS) is 17.0. The minimum atomic E-state index is -0.533. The highest BCUT2D eigenvalue weighted by Gasteiger charge is 2.36. The summed E-state index contributed by atoms with van der Waals surface area (Å²) in [6, 6.07) is 7.68. The standard InChI is InChI=1S/C19H26N2O4/c1-4-15(5-2)20-17(22)12-25-19(24)14-10-18(23)21(11-14)16-8-6-13(3)7-9-16/h6-9,14-15H,4-5,10-12H2,1-3H3,(H,20,22)/t14-/m1/s1. The van der Waals surface area contributed by atoms with Crippen LogP contribution in [-0.2, 0) is 19.1 Å². The van der Waals surface area contributed by atoms with Crippen LogP contribution in [0.4, 0.5) is 5.69 Å². The van der Waals surface area contributed by atoms with Gasteiger partial charge in [0.2, 0.25) is 5.91 Å². The molecule has 0 spiro atoms. The molecule has 1 saturated heterocycles. The lowest BCUT2D eigenvalue weighted by Gasteiger charge is -2.17. The molecule has 25 heavy (non-hydrogen) atoms. The topological polar surface area (TPSA) is 75.7 Å². The van der Waals surface area contributed by atoms with Crippen molar-refractivity contribution in [3.63, 3.8) is 0 Å². The minimum absolute atomic E-state index is 0.0938. The number of nitrogens with zero attached hydrogens (tertiary/aromatic N) is 1. The molecule has 1 aromatic rings. The zero-order valence-corrected chi connectivity index (χ0v) is 15.1. The molecular formula is C19H26N2O4. The van der Waals surface area contributed by atoms with Gasteiger partial charge in [-0.15, -0.1) is 0 Å². The van der Waals surface area contributed by atoms with Crippen molar-refractivity contribution in [3.8, 4) is 0 Å². The lowest BCUT2D eigenvalue weighted by molar-refractivity contribution is -0.152. The maximum Gasteiger partial charge on any atom is 0.311 e. The fraction of sp³-hybridized carbons (Fsp3) is 0.526. The molecule has 0 unspecified atom stereocenters. The number of anilines is 1. The highest BCUT2D eigenvalue weighted by Crippen LogP contribution is 2.26. The molecule has 0 bridgehead atoms. The van der Waals surface area contributed by atoms with Crippen molar-refractivity contribution in [3.05, 3.63) is 29.8 Å². The minimum Gasteiger partial charge on any atom is -0.455 e. The van der Waals surface area contributed by atoms with E-state index < -0.39 is 11.9 Å². The summed E-state index contributed by atoms with van der Waals surface area (Å²) in [6.45, 7) is 5.94. The van der Waals surface area contributed by atoms with Crippen molar-refractivity contribution in [1.82, 2.24) is 5.32 Å². The Bertz CT molecular complexity index is 623. The van der Waals surface area contributed by atoms with E-state index in [0.717, 1.165) is 24.1 Å². The average Bonchev–Trinajstić information content (AvgIpc) is 3.00. The van der Waals surface area contributed by atoms with Gasteiger partial charge in [-0.2, -0.15) is 0 Å². The predicted octanol–water partition coefficient (Wildman–Crippen LogP) is 2.20. The van der Waals surface area contributed by atoms with Gasteiger partial charge in [0.05, 0.1) is 5.92 Å². The molecule has 1 N–H and O–H groups in total. The van der Waals surface area contributed by atoms with E-state index >= 15 is 0 Å². The summed E-state index contributed by atoms with van der Waals surface area (Å²) in [4.78, 5) is 37.7. The van der Waals surface area contributed by atoms with E-state index in [-0.39, 0.29) is 37.4 Å². The summed E-state index contributed by atoms with van der Waals surface area (Å²) >= 11 is 0. The SMILES string of the molecule is CCC(CC)NC(=O)COC(=O)[C@@H]1CC(=O)N(c2ccc(C)cc2)C1. The number of rotatable bonds is 7. The Kier molecular flexibility index (Phi) is 6.56. The Morgan fingerprint density at radius 1 is 1.24 bits per heavy atom. The molecule has 6 heteroatoms. The van der Waals surface area contributed by atoms with Crippen LogP contribution in [0, 0.1) is 12.8 Å². The van der Waals surface area contributed by atoms with Crippen molar-refractivity contribution < 1.29 is 19.1 Å². The third-order valence-corrected chi connectivity index (χ3v) is 4.50. The number of esters is 1. The molecule has 6 nitrogen and oxygen atoms in total. The molecule has 1 atom stereocenters. The first-order valence-electron chi connectivity index (χ1n) is 8.77. The van der Waals surface area contributed by atoms with E-state index in [1.807, 2.05) is 45.0 Å². The van der Waals surface area contributed by atoms with Gasteiger partial charge in [0.15, 0.2) is 6.61 Å².